The Morgan fingerprint density at radius 3 is 1.14 bits per heavy atom. The second kappa shape index (κ2) is 16.5. The molecule has 0 fully saturated rings. The van der Waals surface area contributed by atoms with Gasteiger partial charge in [-0.25, -0.2) is 0 Å². The Balaban J connectivity index is -0.0000000150. The topological polar surface area (TPSA) is 74.1 Å². The molecule has 0 bridgehead atoms. The summed E-state index contributed by atoms with van der Waals surface area (Å²) < 4.78 is 0. The molecule has 0 unspecified atom stereocenters. The molecule has 3 nitrogen and oxygen atoms in total. The molecule has 0 heterocycles. The van der Waals surface area contributed by atoms with Crippen LogP contribution in [0.25, 0.3) is 0 Å². The van der Waals surface area contributed by atoms with E-state index in [-0.39, 0.29) is 33.8 Å². The summed E-state index contributed by atoms with van der Waals surface area (Å²) in [6.45, 7) is 3.06. The minimum atomic E-state index is 0. The molecule has 0 rings (SSSR count). The maximum atomic E-state index is 9.44. The minimum absolute atomic E-state index is 0. The molecule has 0 aliphatic rings. The Morgan fingerprint density at radius 2 is 1.14 bits per heavy atom. The molecule has 0 aromatic rings. The van der Waals surface area contributed by atoms with Crippen LogP contribution >= 0.6 is 0 Å². The molecular formula is C3H6MnO3. The molecular weight excluding hydrogens is 139 g/mol. The predicted octanol–water partition coefficient (Wildman–Crippen LogP) is 0.355. The SMILES string of the molecule is CC(C)=O.[Mn+4].[O-2].[O-2]. The molecule has 43 valence electrons. The Kier molecular flexibility index (Phi) is 64.7. The van der Waals surface area contributed by atoms with Gasteiger partial charge in [0.1, 0.15) is 5.78 Å². The van der Waals surface area contributed by atoms with Crippen molar-refractivity contribution in [2.75, 3.05) is 0 Å². The molecule has 4 heteroatoms. The van der Waals surface area contributed by atoms with Gasteiger partial charge >= 0.3 is 17.1 Å². The molecule has 0 aliphatic carbocycles. The number of Topliss-reactive ketones (excluding diaryl/α,β-unsaturated/α-hetero) is 1. The summed E-state index contributed by atoms with van der Waals surface area (Å²) in [6.07, 6.45) is 0. The summed E-state index contributed by atoms with van der Waals surface area (Å²) in [5.41, 5.74) is 0. The van der Waals surface area contributed by atoms with Gasteiger partial charge in [0, 0.05) is 0 Å². The van der Waals surface area contributed by atoms with Crippen LogP contribution in [0.4, 0.5) is 0 Å². The average molecular weight is 145 g/mol. The summed E-state index contributed by atoms with van der Waals surface area (Å²) in [5, 5.41) is 0. The quantitative estimate of drug-likeness (QED) is 0.453. The van der Waals surface area contributed by atoms with Gasteiger partial charge in [0.15, 0.2) is 0 Å². The van der Waals surface area contributed by atoms with Gasteiger partial charge in [-0.3, -0.25) is 0 Å². The summed E-state index contributed by atoms with van der Waals surface area (Å²) in [4.78, 5) is 9.44. The van der Waals surface area contributed by atoms with Gasteiger partial charge < -0.3 is 15.7 Å². The first-order chi connectivity index (χ1) is 1.73. The third kappa shape index (κ3) is 8610. The van der Waals surface area contributed by atoms with E-state index in [4.69, 9.17) is 0 Å². The predicted molar refractivity (Wildman–Crippen MR) is 17.7 cm³/mol. The maximum absolute atomic E-state index is 9.44. The summed E-state index contributed by atoms with van der Waals surface area (Å²) in [5.74, 6) is 0.167. The standard InChI is InChI=1S/C3H6O.Mn.2O/c1-3(2)4;;;/h1-2H3;;;/q;+4;2*-2. The van der Waals surface area contributed by atoms with Gasteiger partial charge in [-0.05, 0) is 13.8 Å². The van der Waals surface area contributed by atoms with Crippen LogP contribution < -0.4 is 0 Å². The molecule has 0 atom stereocenters. The molecule has 0 amide bonds. The van der Waals surface area contributed by atoms with Gasteiger partial charge in [0.2, 0.25) is 0 Å². The number of rotatable bonds is 0. The number of hydrogen-bond acceptors (Lipinski definition) is 1. The molecule has 0 saturated carbocycles. The summed E-state index contributed by atoms with van der Waals surface area (Å²) in [6, 6.07) is 0. The Hall–Kier alpha value is 0.109. The monoisotopic (exact) mass is 145 g/mol. The molecule has 1 radical (unpaired) electrons. The van der Waals surface area contributed by atoms with Crippen molar-refractivity contribution in [3.05, 3.63) is 0 Å². The van der Waals surface area contributed by atoms with Crippen LogP contribution in [0.5, 0.6) is 0 Å². The zero-order valence-electron chi connectivity index (χ0n) is 4.10. The minimum Gasteiger partial charge on any atom is -2.00 e. The zero-order valence-corrected chi connectivity index (χ0v) is 5.28. The van der Waals surface area contributed by atoms with E-state index in [0.717, 1.165) is 0 Å². The second-order valence-corrected chi connectivity index (χ2v) is 0.908. The van der Waals surface area contributed by atoms with Crippen LogP contribution in [0.3, 0.4) is 0 Å². The molecule has 0 aliphatic heterocycles. The van der Waals surface area contributed by atoms with Crippen LogP contribution in [0, 0.1) is 0 Å². The van der Waals surface area contributed by atoms with Crippen molar-refractivity contribution < 1.29 is 32.8 Å². The zero-order chi connectivity index (χ0) is 3.58. The van der Waals surface area contributed by atoms with E-state index in [9.17, 15) is 4.79 Å². The van der Waals surface area contributed by atoms with Crippen molar-refractivity contribution in [2.24, 2.45) is 0 Å². The first kappa shape index (κ1) is 27.4. The van der Waals surface area contributed by atoms with E-state index in [1.165, 1.54) is 13.8 Å². The van der Waals surface area contributed by atoms with Crippen molar-refractivity contribution in [1.29, 1.82) is 0 Å². The van der Waals surface area contributed by atoms with E-state index in [1.807, 2.05) is 0 Å². The largest absolute Gasteiger partial charge is 4.00 e. The second-order valence-electron chi connectivity index (χ2n) is 0.908. The van der Waals surface area contributed by atoms with Gasteiger partial charge in [-0.2, -0.15) is 0 Å². The fraction of sp³-hybridized carbons (Fsp3) is 0.667. The van der Waals surface area contributed by atoms with E-state index in [1.54, 1.807) is 0 Å². The maximum Gasteiger partial charge on any atom is 4.00 e. The number of carbonyl (C=O) groups is 1. The van der Waals surface area contributed by atoms with Crippen LogP contribution in [0.2, 0.25) is 0 Å². The molecule has 0 N–H and O–H groups in total. The van der Waals surface area contributed by atoms with Crippen molar-refractivity contribution in [3.63, 3.8) is 0 Å². The summed E-state index contributed by atoms with van der Waals surface area (Å²) in [7, 11) is 0. The average Bonchev–Trinajstić information content (AvgIpc) is 0.811. The van der Waals surface area contributed by atoms with E-state index in [2.05, 4.69) is 0 Å². The Labute approximate surface area is 53.2 Å². The molecule has 0 spiro atoms. The number of ketones is 1. The normalized spacial score (nSPS) is 3.71. The first-order valence-corrected chi connectivity index (χ1v) is 1.20. The molecule has 0 aromatic carbocycles. The number of hydrogen-bond donors (Lipinski definition) is 0. The van der Waals surface area contributed by atoms with Gasteiger partial charge in [-0.1, -0.05) is 0 Å². The third-order valence-electron chi connectivity index (χ3n) is 0. The molecule has 0 saturated heterocycles. The fourth-order valence-corrected chi connectivity index (χ4v) is 0. The van der Waals surface area contributed by atoms with Gasteiger partial charge in [0.05, 0.1) is 0 Å². The van der Waals surface area contributed by atoms with E-state index < -0.39 is 0 Å². The molecule has 7 heavy (non-hydrogen) atoms. The smallest absolute Gasteiger partial charge is 2.00 e. The first-order valence-electron chi connectivity index (χ1n) is 1.20. The Morgan fingerprint density at radius 1 is 1.14 bits per heavy atom. The van der Waals surface area contributed by atoms with Crippen molar-refractivity contribution in [3.8, 4) is 0 Å². The van der Waals surface area contributed by atoms with Crippen LogP contribution in [0.15, 0.2) is 0 Å². The fourth-order valence-electron chi connectivity index (χ4n) is 0. The van der Waals surface area contributed by atoms with Gasteiger partial charge in [-0.15, -0.1) is 0 Å². The third-order valence-corrected chi connectivity index (χ3v) is 0. The van der Waals surface area contributed by atoms with Crippen LogP contribution in [0.1, 0.15) is 13.8 Å². The van der Waals surface area contributed by atoms with Crippen molar-refractivity contribution >= 4 is 5.78 Å². The molecule has 0 aromatic heterocycles. The summed E-state index contributed by atoms with van der Waals surface area (Å²) >= 11 is 0. The number of carbonyl (C=O) groups excluding carboxylic acids is 1. The van der Waals surface area contributed by atoms with E-state index >= 15 is 0 Å². The van der Waals surface area contributed by atoms with Gasteiger partial charge in [0.25, 0.3) is 0 Å². The van der Waals surface area contributed by atoms with E-state index in [0.29, 0.717) is 0 Å². The van der Waals surface area contributed by atoms with Crippen molar-refractivity contribution in [2.45, 2.75) is 13.8 Å². The van der Waals surface area contributed by atoms with Crippen LogP contribution in [-0.4, -0.2) is 5.78 Å². The Bertz CT molecular complexity index is 33.2. The van der Waals surface area contributed by atoms with Crippen molar-refractivity contribution in [1.82, 2.24) is 0 Å². The van der Waals surface area contributed by atoms with Crippen LogP contribution in [-0.2, 0) is 32.8 Å².